The highest BCUT2D eigenvalue weighted by Gasteiger charge is 2.19. The molecule has 0 fully saturated rings. The van der Waals surface area contributed by atoms with Crippen LogP contribution in [0.4, 0.5) is 5.69 Å². The summed E-state index contributed by atoms with van der Waals surface area (Å²) >= 11 is 0. The molecule has 0 aliphatic heterocycles. The molecule has 5 heteroatoms. The van der Waals surface area contributed by atoms with Crippen molar-refractivity contribution < 1.29 is 9.59 Å². The van der Waals surface area contributed by atoms with Crippen LogP contribution in [0.15, 0.2) is 18.2 Å². The molecule has 0 radical (unpaired) electrons. The molecule has 110 valence electrons. The summed E-state index contributed by atoms with van der Waals surface area (Å²) in [6.07, 6.45) is 0. The number of aryl methyl sites for hydroxylation is 1. The fraction of sp³-hybridized carbons (Fsp3) is 0.467. The van der Waals surface area contributed by atoms with Crippen LogP contribution in [-0.4, -0.2) is 24.4 Å². The highest BCUT2D eigenvalue weighted by atomic mass is 16.2. The first-order chi connectivity index (χ1) is 9.32. The van der Waals surface area contributed by atoms with Crippen molar-refractivity contribution in [1.29, 1.82) is 0 Å². The van der Waals surface area contributed by atoms with E-state index in [-0.39, 0.29) is 11.8 Å². The van der Waals surface area contributed by atoms with Crippen LogP contribution >= 0.6 is 0 Å². The smallest absolute Gasteiger partial charge is 0.254 e. The van der Waals surface area contributed by atoms with Gasteiger partial charge in [-0.3, -0.25) is 9.59 Å². The number of anilines is 1. The monoisotopic (exact) mass is 277 g/mol. The van der Waals surface area contributed by atoms with E-state index in [9.17, 15) is 9.59 Å². The third-order valence-electron chi connectivity index (χ3n) is 2.96. The van der Waals surface area contributed by atoms with Gasteiger partial charge in [-0.25, -0.2) is 0 Å². The quantitative estimate of drug-likeness (QED) is 0.713. The number of amides is 2. The summed E-state index contributed by atoms with van der Waals surface area (Å²) in [6.45, 7) is 8.08. The summed E-state index contributed by atoms with van der Waals surface area (Å²) in [5, 5.41) is 5.45. The molecule has 1 aromatic rings. The van der Waals surface area contributed by atoms with Gasteiger partial charge in [0.2, 0.25) is 5.91 Å². The Bertz CT molecular complexity index is 478. The van der Waals surface area contributed by atoms with Crippen molar-refractivity contribution in [2.24, 2.45) is 5.92 Å². The molecule has 1 rings (SSSR count). The van der Waals surface area contributed by atoms with Crippen molar-refractivity contribution in [2.45, 2.75) is 33.7 Å². The van der Waals surface area contributed by atoms with Crippen molar-refractivity contribution in [3.8, 4) is 0 Å². The number of nitrogens with one attached hydrogen (secondary N) is 2. The lowest BCUT2D eigenvalue weighted by Crippen LogP contribution is -2.45. The van der Waals surface area contributed by atoms with E-state index in [0.29, 0.717) is 23.7 Å². The predicted molar refractivity (Wildman–Crippen MR) is 80.4 cm³/mol. The van der Waals surface area contributed by atoms with Gasteiger partial charge in [-0.15, -0.1) is 0 Å². The first kappa shape index (κ1) is 16.0. The van der Waals surface area contributed by atoms with Crippen LogP contribution < -0.4 is 16.4 Å². The molecule has 0 bridgehead atoms. The van der Waals surface area contributed by atoms with E-state index in [1.54, 1.807) is 19.1 Å². The normalized spacial score (nSPS) is 12.1. The second-order valence-electron chi connectivity index (χ2n) is 5.37. The van der Waals surface area contributed by atoms with Gasteiger partial charge in [0.1, 0.15) is 6.04 Å². The Morgan fingerprint density at radius 2 is 1.90 bits per heavy atom. The largest absolute Gasteiger partial charge is 0.398 e. The van der Waals surface area contributed by atoms with E-state index in [2.05, 4.69) is 10.6 Å². The number of benzene rings is 1. The molecule has 0 aliphatic rings. The average Bonchev–Trinajstić information content (AvgIpc) is 2.35. The fourth-order valence-electron chi connectivity index (χ4n) is 1.79. The molecule has 20 heavy (non-hydrogen) atoms. The zero-order chi connectivity index (χ0) is 15.3. The van der Waals surface area contributed by atoms with Crippen LogP contribution in [0.1, 0.15) is 36.7 Å². The van der Waals surface area contributed by atoms with Crippen molar-refractivity contribution in [3.05, 3.63) is 29.3 Å². The Kier molecular flexibility index (Phi) is 5.55. The lowest BCUT2D eigenvalue weighted by molar-refractivity contribution is -0.122. The lowest BCUT2D eigenvalue weighted by Gasteiger charge is -2.16. The summed E-state index contributed by atoms with van der Waals surface area (Å²) in [7, 11) is 0. The molecular formula is C15H23N3O2. The van der Waals surface area contributed by atoms with Crippen molar-refractivity contribution in [3.63, 3.8) is 0 Å². The van der Waals surface area contributed by atoms with Gasteiger partial charge in [0.15, 0.2) is 0 Å². The second-order valence-corrected chi connectivity index (χ2v) is 5.37. The van der Waals surface area contributed by atoms with Crippen LogP contribution in [0.5, 0.6) is 0 Å². The molecule has 0 saturated carbocycles. The van der Waals surface area contributed by atoms with Gasteiger partial charge in [-0.2, -0.15) is 0 Å². The molecule has 1 aromatic carbocycles. The summed E-state index contributed by atoms with van der Waals surface area (Å²) in [5.74, 6) is -0.152. The summed E-state index contributed by atoms with van der Waals surface area (Å²) in [5.41, 5.74) is 7.44. The van der Waals surface area contributed by atoms with Crippen LogP contribution in [0.3, 0.4) is 0 Å². The van der Waals surface area contributed by atoms with Crippen molar-refractivity contribution in [2.75, 3.05) is 12.3 Å². The van der Waals surface area contributed by atoms with E-state index >= 15 is 0 Å². The Labute approximate surface area is 119 Å². The first-order valence-electron chi connectivity index (χ1n) is 6.76. The van der Waals surface area contributed by atoms with Gasteiger partial charge < -0.3 is 16.4 Å². The van der Waals surface area contributed by atoms with E-state index < -0.39 is 6.04 Å². The minimum absolute atomic E-state index is 0.195. The van der Waals surface area contributed by atoms with Gasteiger partial charge in [0, 0.05) is 12.2 Å². The minimum atomic E-state index is -0.597. The third-order valence-corrected chi connectivity index (χ3v) is 2.96. The van der Waals surface area contributed by atoms with Crippen LogP contribution in [0.25, 0.3) is 0 Å². The molecule has 0 aromatic heterocycles. The first-order valence-corrected chi connectivity index (χ1v) is 6.76. The molecule has 1 unspecified atom stereocenters. The molecule has 5 nitrogen and oxygen atoms in total. The maximum absolute atomic E-state index is 12.2. The molecular weight excluding hydrogens is 254 g/mol. The fourth-order valence-corrected chi connectivity index (χ4v) is 1.79. The average molecular weight is 277 g/mol. The number of nitrogens with two attached hydrogens (primary N) is 1. The highest BCUT2D eigenvalue weighted by molar-refractivity contribution is 6.02. The summed E-state index contributed by atoms with van der Waals surface area (Å²) < 4.78 is 0. The third kappa shape index (κ3) is 4.26. The number of nitrogen functional groups attached to an aromatic ring is 1. The second kappa shape index (κ2) is 6.93. The molecule has 1 atom stereocenters. The van der Waals surface area contributed by atoms with E-state index in [1.807, 2.05) is 26.8 Å². The van der Waals surface area contributed by atoms with Crippen LogP contribution in [-0.2, 0) is 4.79 Å². The SMILES string of the molecule is Cc1cccc(N)c1C(=O)NC(C)C(=O)NCC(C)C. The predicted octanol–water partition coefficient (Wildman–Crippen LogP) is 1.47. The standard InChI is InChI=1S/C15H23N3O2/c1-9(2)8-17-14(19)11(4)18-15(20)13-10(3)6-5-7-12(13)16/h5-7,9,11H,8,16H2,1-4H3,(H,17,19)(H,18,20). The van der Waals surface area contributed by atoms with Crippen molar-refractivity contribution in [1.82, 2.24) is 10.6 Å². The number of hydrogen-bond acceptors (Lipinski definition) is 3. The minimum Gasteiger partial charge on any atom is -0.398 e. The van der Waals surface area contributed by atoms with Gasteiger partial charge in [0.25, 0.3) is 5.91 Å². The maximum Gasteiger partial charge on any atom is 0.254 e. The Morgan fingerprint density at radius 1 is 1.25 bits per heavy atom. The Hall–Kier alpha value is -2.04. The van der Waals surface area contributed by atoms with Crippen molar-refractivity contribution >= 4 is 17.5 Å². The molecule has 0 saturated heterocycles. The number of carbonyl (C=O) groups excluding carboxylic acids is 2. The van der Waals surface area contributed by atoms with E-state index in [4.69, 9.17) is 5.73 Å². The van der Waals surface area contributed by atoms with Gasteiger partial charge in [0.05, 0.1) is 5.56 Å². The van der Waals surface area contributed by atoms with E-state index in [1.165, 1.54) is 0 Å². The number of hydrogen-bond donors (Lipinski definition) is 3. The molecule has 0 spiro atoms. The molecule has 4 N–H and O–H groups in total. The Balaban J connectivity index is 2.68. The van der Waals surface area contributed by atoms with Crippen LogP contribution in [0, 0.1) is 12.8 Å². The topological polar surface area (TPSA) is 84.2 Å². The summed E-state index contributed by atoms with van der Waals surface area (Å²) in [6, 6.07) is 4.68. The highest BCUT2D eigenvalue weighted by Crippen LogP contribution is 2.16. The molecule has 2 amide bonds. The van der Waals surface area contributed by atoms with Gasteiger partial charge >= 0.3 is 0 Å². The van der Waals surface area contributed by atoms with E-state index in [0.717, 1.165) is 5.56 Å². The lowest BCUT2D eigenvalue weighted by atomic mass is 10.1. The summed E-state index contributed by atoms with van der Waals surface area (Å²) in [4.78, 5) is 24.0. The zero-order valence-electron chi connectivity index (χ0n) is 12.5. The molecule has 0 aliphatic carbocycles. The van der Waals surface area contributed by atoms with Gasteiger partial charge in [-0.05, 0) is 31.4 Å². The maximum atomic E-state index is 12.2. The zero-order valence-corrected chi connectivity index (χ0v) is 12.5. The number of carbonyl (C=O) groups is 2. The van der Waals surface area contributed by atoms with Gasteiger partial charge in [-0.1, -0.05) is 26.0 Å². The number of rotatable bonds is 5. The molecule has 0 heterocycles. The Morgan fingerprint density at radius 3 is 2.45 bits per heavy atom. The van der Waals surface area contributed by atoms with Crippen LogP contribution in [0.2, 0.25) is 0 Å².